The molecule has 0 aromatic heterocycles. The van der Waals surface area contributed by atoms with Crippen molar-refractivity contribution in [1.29, 1.82) is 0 Å². The number of para-hydroxylation sites is 3. The number of hydrogen-bond acceptors (Lipinski definition) is 5. The van der Waals surface area contributed by atoms with Crippen molar-refractivity contribution in [2.45, 2.75) is 12.8 Å². The van der Waals surface area contributed by atoms with Gasteiger partial charge in [0.15, 0.2) is 0 Å². The van der Waals surface area contributed by atoms with E-state index in [0.717, 1.165) is 51.3 Å². The summed E-state index contributed by atoms with van der Waals surface area (Å²) in [5.41, 5.74) is 6.99. The van der Waals surface area contributed by atoms with Crippen LogP contribution in [-0.4, -0.2) is 57.2 Å². The van der Waals surface area contributed by atoms with Crippen molar-refractivity contribution in [2.24, 2.45) is 5.73 Å². The number of hydrogen-bond donors (Lipinski definition) is 1. The Hall–Kier alpha value is -2.44. The van der Waals surface area contributed by atoms with Crippen molar-refractivity contribution >= 4 is 24.0 Å². The molecular weight excluding hydrogens is 390 g/mol. The third-order valence-corrected chi connectivity index (χ3v) is 5.08. The maximum Gasteiger partial charge on any atom is 0.252 e. The summed E-state index contributed by atoms with van der Waals surface area (Å²) in [7, 11) is 1.72. The SMILES string of the molecule is COc1ccccc1N1CCN(CCCCOc2ccccc2C(N)=O)CC1.Cl. The molecule has 2 aromatic carbocycles. The summed E-state index contributed by atoms with van der Waals surface area (Å²) in [6.07, 6.45) is 2.01. The van der Waals surface area contributed by atoms with E-state index in [1.165, 1.54) is 5.69 Å². The van der Waals surface area contributed by atoms with Crippen LogP contribution in [0.5, 0.6) is 11.5 Å². The Kier molecular flexibility index (Phi) is 9.09. The number of halogens is 1. The van der Waals surface area contributed by atoms with Crippen LogP contribution in [0.15, 0.2) is 48.5 Å². The second-order valence-electron chi connectivity index (χ2n) is 6.92. The van der Waals surface area contributed by atoms with Gasteiger partial charge in [-0.15, -0.1) is 12.4 Å². The molecule has 1 amide bonds. The number of unbranched alkanes of at least 4 members (excludes halogenated alkanes) is 1. The Labute approximate surface area is 179 Å². The van der Waals surface area contributed by atoms with Gasteiger partial charge in [0.05, 0.1) is 25.0 Å². The molecular formula is C22H30ClN3O3. The fourth-order valence-electron chi connectivity index (χ4n) is 3.52. The van der Waals surface area contributed by atoms with Gasteiger partial charge >= 0.3 is 0 Å². The largest absolute Gasteiger partial charge is 0.495 e. The third-order valence-electron chi connectivity index (χ3n) is 5.08. The van der Waals surface area contributed by atoms with Crippen LogP contribution in [-0.2, 0) is 0 Å². The zero-order valence-electron chi connectivity index (χ0n) is 16.9. The third kappa shape index (κ3) is 6.27. The lowest BCUT2D eigenvalue weighted by molar-refractivity contribution is 0.0996. The van der Waals surface area contributed by atoms with E-state index in [1.54, 1.807) is 25.3 Å². The van der Waals surface area contributed by atoms with Crippen LogP contribution in [0.1, 0.15) is 23.2 Å². The Morgan fingerprint density at radius 1 is 0.966 bits per heavy atom. The summed E-state index contributed by atoms with van der Waals surface area (Å²) >= 11 is 0. The molecule has 1 saturated heterocycles. The monoisotopic (exact) mass is 419 g/mol. The molecule has 0 aliphatic carbocycles. The van der Waals surface area contributed by atoms with Gasteiger partial charge in [-0.2, -0.15) is 0 Å². The molecule has 1 heterocycles. The van der Waals surface area contributed by atoms with Crippen molar-refractivity contribution in [3.05, 3.63) is 54.1 Å². The van der Waals surface area contributed by atoms with E-state index in [1.807, 2.05) is 18.2 Å². The fourth-order valence-corrected chi connectivity index (χ4v) is 3.52. The molecule has 1 aliphatic heterocycles. The first kappa shape index (κ1) is 22.8. The average Bonchev–Trinajstić information content (AvgIpc) is 2.74. The summed E-state index contributed by atoms with van der Waals surface area (Å²) in [6.45, 7) is 5.74. The second-order valence-corrected chi connectivity index (χ2v) is 6.92. The molecule has 0 unspecified atom stereocenters. The van der Waals surface area contributed by atoms with Crippen LogP contribution in [0.4, 0.5) is 5.69 Å². The smallest absolute Gasteiger partial charge is 0.252 e. The maximum atomic E-state index is 11.4. The highest BCUT2D eigenvalue weighted by Crippen LogP contribution is 2.28. The van der Waals surface area contributed by atoms with Gasteiger partial charge in [-0.1, -0.05) is 24.3 Å². The number of carbonyl (C=O) groups is 1. The highest BCUT2D eigenvalue weighted by atomic mass is 35.5. The van der Waals surface area contributed by atoms with Crippen molar-refractivity contribution < 1.29 is 14.3 Å². The van der Waals surface area contributed by atoms with E-state index >= 15 is 0 Å². The number of amides is 1. The highest BCUT2D eigenvalue weighted by molar-refractivity contribution is 5.95. The molecule has 2 aromatic rings. The molecule has 158 valence electrons. The number of nitrogens with two attached hydrogens (primary N) is 1. The molecule has 0 radical (unpaired) electrons. The molecule has 7 heteroatoms. The summed E-state index contributed by atoms with van der Waals surface area (Å²) in [5.74, 6) is 1.05. The number of nitrogens with zero attached hydrogens (tertiary/aromatic N) is 2. The average molecular weight is 420 g/mol. The van der Waals surface area contributed by atoms with Crippen LogP contribution in [0.2, 0.25) is 0 Å². The Bertz CT molecular complexity index is 779. The van der Waals surface area contributed by atoms with E-state index in [0.29, 0.717) is 17.9 Å². The minimum Gasteiger partial charge on any atom is -0.495 e. The van der Waals surface area contributed by atoms with Crippen molar-refractivity contribution in [3.63, 3.8) is 0 Å². The zero-order valence-corrected chi connectivity index (χ0v) is 17.7. The number of benzene rings is 2. The van der Waals surface area contributed by atoms with Crippen LogP contribution in [0, 0.1) is 0 Å². The molecule has 0 spiro atoms. The summed E-state index contributed by atoms with van der Waals surface area (Å²) in [4.78, 5) is 16.3. The van der Waals surface area contributed by atoms with Gasteiger partial charge in [0.2, 0.25) is 0 Å². The number of piperazine rings is 1. The Morgan fingerprint density at radius 2 is 1.62 bits per heavy atom. The van der Waals surface area contributed by atoms with Crippen LogP contribution >= 0.6 is 12.4 Å². The zero-order chi connectivity index (χ0) is 19.8. The number of anilines is 1. The standard InChI is InChI=1S/C22H29N3O3.ClH/c1-27-21-11-5-3-9-19(21)25-15-13-24(14-16-25)12-6-7-17-28-20-10-4-2-8-18(20)22(23)26;/h2-5,8-11H,6-7,12-17H2,1H3,(H2,23,26);1H. The molecule has 1 aliphatic rings. The fraction of sp³-hybridized carbons (Fsp3) is 0.409. The number of primary amides is 1. The van der Waals surface area contributed by atoms with E-state index in [9.17, 15) is 4.79 Å². The Balaban J connectivity index is 0.00000300. The minimum atomic E-state index is -0.455. The predicted octanol–water partition coefficient (Wildman–Crippen LogP) is 3.20. The first-order chi connectivity index (χ1) is 13.7. The lowest BCUT2D eigenvalue weighted by atomic mass is 10.2. The van der Waals surface area contributed by atoms with Gasteiger partial charge in [-0.05, 0) is 43.7 Å². The van der Waals surface area contributed by atoms with Crippen molar-refractivity contribution in [1.82, 2.24) is 4.90 Å². The van der Waals surface area contributed by atoms with Gasteiger partial charge in [-0.25, -0.2) is 0 Å². The van der Waals surface area contributed by atoms with E-state index in [2.05, 4.69) is 21.9 Å². The number of methoxy groups -OCH3 is 1. The van der Waals surface area contributed by atoms with E-state index in [-0.39, 0.29) is 12.4 Å². The van der Waals surface area contributed by atoms with E-state index < -0.39 is 5.91 Å². The minimum absolute atomic E-state index is 0. The lowest BCUT2D eigenvalue weighted by Gasteiger charge is -2.36. The molecule has 2 N–H and O–H groups in total. The van der Waals surface area contributed by atoms with Crippen molar-refractivity contribution in [3.8, 4) is 11.5 Å². The lowest BCUT2D eigenvalue weighted by Crippen LogP contribution is -2.46. The second kappa shape index (κ2) is 11.5. The first-order valence-electron chi connectivity index (χ1n) is 9.81. The van der Waals surface area contributed by atoms with E-state index in [4.69, 9.17) is 15.2 Å². The summed E-state index contributed by atoms with van der Waals surface area (Å²) in [5, 5.41) is 0. The van der Waals surface area contributed by atoms with Crippen LogP contribution in [0.3, 0.4) is 0 Å². The molecule has 3 rings (SSSR count). The van der Waals surface area contributed by atoms with Gasteiger partial charge < -0.3 is 20.1 Å². The quantitative estimate of drug-likeness (QED) is 0.632. The van der Waals surface area contributed by atoms with Gasteiger partial charge in [0.1, 0.15) is 11.5 Å². The molecule has 0 atom stereocenters. The summed E-state index contributed by atoms with van der Waals surface area (Å²) < 4.78 is 11.2. The van der Waals surface area contributed by atoms with Crippen LogP contribution < -0.4 is 20.1 Å². The molecule has 0 saturated carbocycles. The molecule has 6 nitrogen and oxygen atoms in total. The number of carbonyl (C=O) groups excluding carboxylic acids is 1. The first-order valence-corrected chi connectivity index (χ1v) is 9.81. The van der Waals surface area contributed by atoms with Crippen molar-refractivity contribution in [2.75, 3.05) is 51.3 Å². The van der Waals surface area contributed by atoms with Gasteiger partial charge in [0.25, 0.3) is 5.91 Å². The van der Waals surface area contributed by atoms with Gasteiger partial charge in [-0.3, -0.25) is 9.69 Å². The summed E-state index contributed by atoms with van der Waals surface area (Å²) in [6, 6.07) is 15.3. The highest BCUT2D eigenvalue weighted by Gasteiger charge is 2.19. The topological polar surface area (TPSA) is 68.0 Å². The predicted molar refractivity (Wildman–Crippen MR) is 119 cm³/mol. The Morgan fingerprint density at radius 3 is 2.31 bits per heavy atom. The van der Waals surface area contributed by atoms with Gasteiger partial charge in [0, 0.05) is 26.2 Å². The van der Waals surface area contributed by atoms with Crippen LogP contribution in [0.25, 0.3) is 0 Å². The number of ether oxygens (including phenoxy) is 2. The molecule has 29 heavy (non-hydrogen) atoms. The maximum absolute atomic E-state index is 11.4. The normalized spacial score (nSPS) is 14.2. The molecule has 1 fully saturated rings. The molecule has 0 bridgehead atoms. The number of rotatable bonds is 9.